The number of carbonyl (C=O) groups is 1. The second-order valence-corrected chi connectivity index (χ2v) is 6.93. The Labute approximate surface area is 173 Å². The third kappa shape index (κ3) is 3.25. The number of para-hydroxylation sites is 1. The highest BCUT2D eigenvalue weighted by Crippen LogP contribution is 2.45. The summed E-state index contributed by atoms with van der Waals surface area (Å²) in [5.74, 6) is 0.248. The van der Waals surface area contributed by atoms with Crippen molar-refractivity contribution in [3.8, 4) is 28.5 Å². The largest absolute Gasteiger partial charge is 0.507 e. The molecule has 1 aliphatic rings. The molecule has 0 saturated carbocycles. The molecule has 1 amide bonds. The van der Waals surface area contributed by atoms with Crippen molar-refractivity contribution in [1.82, 2.24) is 15.1 Å². The Balaban J connectivity index is 1.88. The topological polar surface area (TPSA) is 108 Å². The molecule has 2 heterocycles. The molecule has 0 fully saturated rings. The summed E-state index contributed by atoms with van der Waals surface area (Å²) in [7, 11) is 1.58. The average Bonchev–Trinajstić information content (AvgIpc) is 3.28. The lowest BCUT2D eigenvalue weighted by Gasteiger charge is -2.26. The first-order valence-corrected chi connectivity index (χ1v) is 9.69. The zero-order chi connectivity index (χ0) is 21.3. The fourth-order valence-electron chi connectivity index (χ4n) is 3.81. The second kappa shape index (κ2) is 8.08. The average molecular weight is 409 g/mol. The lowest BCUT2D eigenvalue weighted by Crippen LogP contribution is -2.32. The normalized spacial score (nSPS) is 15.5. The second-order valence-electron chi connectivity index (χ2n) is 6.93. The van der Waals surface area contributed by atoms with Crippen molar-refractivity contribution in [2.75, 3.05) is 26.9 Å². The van der Waals surface area contributed by atoms with Gasteiger partial charge in [0.15, 0.2) is 11.5 Å². The minimum atomic E-state index is -0.476. The van der Waals surface area contributed by atoms with Crippen LogP contribution in [0.25, 0.3) is 11.3 Å². The molecule has 3 N–H and O–H groups in total. The summed E-state index contributed by atoms with van der Waals surface area (Å²) in [6.07, 6.45) is 0. The minimum Gasteiger partial charge on any atom is -0.507 e. The molecular formula is C22H23N3O5. The van der Waals surface area contributed by atoms with Crippen LogP contribution in [0.3, 0.4) is 0 Å². The Hall–Kier alpha value is -3.52. The van der Waals surface area contributed by atoms with E-state index >= 15 is 0 Å². The zero-order valence-electron chi connectivity index (χ0n) is 16.8. The molecule has 0 saturated heterocycles. The molecule has 2 aromatic carbocycles. The van der Waals surface area contributed by atoms with E-state index in [2.05, 4.69) is 10.2 Å². The van der Waals surface area contributed by atoms with Gasteiger partial charge >= 0.3 is 0 Å². The number of aromatic nitrogens is 2. The van der Waals surface area contributed by atoms with Gasteiger partial charge in [-0.1, -0.05) is 18.2 Å². The highest BCUT2D eigenvalue weighted by Gasteiger charge is 2.42. The Morgan fingerprint density at radius 3 is 2.70 bits per heavy atom. The van der Waals surface area contributed by atoms with E-state index < -0.39 is 6.04 Å². The number of benzene rings is 2. The highest BCUT2D eigenvalue weighted by atomic mass is 16.5. The van der Waals surface area contributed by atoms with Gasteiger partial charge in [0.05, 0.1) is 19.3 Å². The first-order valence-electron chi connectivity index (χ1n) is 9.69. The molecule has 30 heavy (non-hydrogen) atoms. The highest BCUT2D eigenvalue weighted by molar-refractivity contribution is 6.00. The molecule has 8 nitrogen and oxygen atoms in total. The smallest absolute Gasteiger partial charge is 0.273 e. The Morgan fingerprint density at radius 1 is 1.17 bits per heavy atom. The first kappa shape index (κ1) is 19.8. The first-order chi connectivity index (χ1) is 14.6. The Bertz CT molecular complexity index is 1080. The van der Waals surface area contributed by atoms with Crippen LogP contribution in [0.4, 0.5) is 0 Å². The number of aromatic hydroxyl groups is 2. The number of fused-ring (bicyclic) bond motifs is 1. The van der Waals surface area contributed by atoms with E-state index in [1.165, 1.54) is 0 Å². The minimum absolute atomic E-state index is 0.0294. The lowest BCUT2D eigenvalue weighted by atomic mass is 9.95. The predicted molar refractivity (Wildman–Crippen MR) is 110 cm³/mol. The number of nitrogens with one attached hydrogen (secondary N) is 1. The van der Waals surface area contributed by atoms with Crippen LogP contribution < -0.4 is 4.74 Å². The molecule has 0 radical (unpaired) electrons. The van der Waals surface area contributed by atoms with Gasteiger partial charge in [0.1, 0.15) is 17.1 Å². The zero-order valence-corrected chi connectivity index (χ0v) is 16.8. The van der Waals surface area contributed by atoms with Crippen molar-refractivity contribution in [2.45, 2.75) is 13.0 Å². The molecular weight excluding hydrogens is 386 g/mol. The number of rotatable bonds is 7. The number of amides is 1. The number of methoxy groups -OCH3 is 1. The summed E-state index contributed by atoms with van der Waals surface area (Å²) in [5.41, 5.74) is 2.85. The van der Waals surface area contributed by atoms with E-state index in [0.29, 0.717) is 48.0 Å². The molecule has 8 heteroatoms. The standard InChI is InChI=1S/C22H23N3O5/c1-3-30-17-12-13(8-9-16(17)27)21-18-19(14-6-4-5-7-15(14)26)23-24-20(18)22(28)25(21)10-11-29-2/h4-9,12,21,26-27H,3,10-11H2,1-2H3,(H,23,24)/t21-/m1/s1. The number of phenols is 2. The number of phenolic OH excluding ortho intramolecular Hbond substituents is 2. The summed E-state index contributed by atoms with van der Waals surface area (Å²) in [6.45, 7) is 2.96. The lowest BCUT2D eigenvalue weighted by molar-refractivity contribution is 0.0677. The van der Waals surface area contributed by atoms with Crippen molar-refractivity contribution in [3.63, 3.8) is 0 Å². The number of ether oxygens (including phenoxy) is 2. The van der Waals surface area contributed by atoms with Crippen LogP contribution in [-0.4, -0.2) is 58.1 Å². The molecule has 3 aromatic rings. The van der Waals surface area contributed by atoms with Gasteiger partial charge in [0.2, 0.25) is 0 Å². The molecule has 0 unspecified atom stereocenters. The predicted octanol–water partition coefficient (Wildman–Crippen LogP) is 3.08. The molecule has 4 rings (SSSR count). The number of H-pyrrole nitrogens is 1. The van der Waals surface area contributed by atoms with E-state index in [0.717, 1.165) is 5.56 Å². The van der Waals surface area contributed by atoms with E-state index in [1.807, 2.05) is 6.92 Å². The SMILES string of the molecule is CCOc1cc([C@@H]2c3c(-c4ccccc4O)n[nH]c3C(=O)N2CCOC)ccc1O. The fourth-order valence-corrected chi connectivity index (χ4v) is 3.81. The summed E-state index contributed by atoms with van der Waals surface area (Å²) in [6, 6.07) is 11.4. The monoisotopic (exact) mass is 409 g/mol. The summed E-state index contributed by atoms with van der Waals surface area (Å²) in [4.78, 5) is 14.8. The van der Waals surface area contributed by atoms with E-state index in [-0.39, 0.29) is 17.4 Å². The van der Waals surface area contributed by atoms with E-state index in [1.54, 1.807) is 54.5 Å². The third-order valence-electron chi connectivity index (χ3n) is 5.16. The Morgan fingerprint density at radius 2 is 1.97 bits per heavy atom. The van der Waals surface area contributed by atoms with Crippen LogP contribution in [0.5, 0.6) is 17.2 Å². The van der Waals surface area contributed by atoms with Gasteiger partial charge in [-0.2, -0.15) is 5.10 Å². The molecule has 0 aliphatic carbocycles. The maximum atomic E-state index is 13.1. The van der Waals surface area contributed by atoms with E-state index in [9.17, 15) is 15.0 Å². The van der Waals surface area contributed by atoms with Crippen molar-refractivity contribution in [1.29, 1.82) is 0 Å². The molecule has 1 aliphatic heterocycles. The van der Waals surface area contributed by atoms with Crippen molar-refractivity contribution < 1.29 is 24.5 Å². The number of carbonyl (C=O) groups excluding carboxylic acids is 1. The summed E-state index contributed by atoms with van der Waals surface area (Å²) < 4.78 is 10.7. The van der Waals surface area contributed by atoms with Crippen LogP contribution in [0.1, 0.15) is 34.6 Å². The van der Waals surface area contributed by atoms with Gasteiger partial charge in [-0.05, 0) is 36.8 Å². The van der Waals surface area contributed by atoms with Crippen LogP contribution in [0, 0.1) is 0 Å². The van der Waals surface area contributed by atoms with Gasteiger partial charge in [0.25, 0.3) is 5.91 Å². The van der Waals surface area contributed by atoms with Crippen LogP contribution >= 0.6 is 0 Å². The van der Waals surface area contributed by atoms with Gasteiger partial charge < -0.3 is 24.6 Å². The third-order valence-corrected chi connectivity index (χ3v) is 5.16. The van der Waals surface area contributed by atoms with Crippen molar-refractivity contribution in [2.24, 2.45) is 0 Å². The molecule has 0 spiro atoms. The summed E-state index contributed by atoms with van der Waals surface area (Å²) >= 11 is 0. The molecule has 1 atom stereocenters. The van der Waals surface area contributed by atoms with Crippen molar-refractivity contribution in [3.05, 3.63) is 59.3 Å². The van der Waals surface area contributed by atoms with Crippen LogP contribution in [0.15, 0.2) is 42.5 Å². The number of hydrogen-bond acceptors (Lipinski definition) is 6. The molecule has 156 valence electrons. The van der Waals surface area contributed by atoms with Crippen LogP contribution in [-0.2, 0) is 4.74 Å². The van der Waals surface area contributed by atoms with Crippen LogP contribution in [0.2, 0.25) is 0 Å². The summed E-state index contributed by atoms with van der Waals surface area (Å²) in [5, 5.41) is 27.7. The van der Waals surface area contributed by atoms with Gasteiger partial charge in [-0.3, -0.25) is 9.89 Å². The van der Waals surface area contributed by atoms with E-state index in [4.69, 9.17) is 9.47 Å². The van der Waals surface area contributed by atoms with Gasteiger partial charge in [-0.25, -0.2) is 0 Å². The van der Waals surface area contributed by atoms with Gasteiger partial charge in [-0.15, -0.1) is 0 Å². The number of hydrogen-bond donors (Lipinski definition) is 3. The van der Waals surface area contributed by atoms with Crippen molar-refractivity contribution >= 4 is 5.91 Å². The molecule has 0 bridgehead atoms. The fraction of sp³-hybridized carbons (Fsp3) is 0.273. The number of aromatic amines is 1. The number of nitrogens with zero attached hydrogens (tertiary/aromatic N) is 2. The maximum Gasteiger partial charge on any atom is 0.273 e. The van der Waals surface area contributed by atoms with Gasteiger partial charge in [0, 0.05) is 24.8 Å². The Kier molecular flexibility index (Phi) is 5.33. The molecule has 1 aromatic heterocycles. The maximum absolute atomic E-state index is 13.1. The quantitative estimate of drug-likeness (QED) is 0.554.